The third-order valence-corrected chi connectivity index (χ3v) is 2.58. The van der Waals surface area contributed by atoms with E-state index in [4.69, 9.17) is 4.74 Å². The van der Waals surface area contributed by atoms with Crippen molar-refractivity contribution in [2.24, 2.45) is 5.92 Å². The first-order valence-corrected chi connectivity index (χ1v) is 5.58. The van der Waals surface area contributed by atoms with Gasteiger partial charge in [0.2, 0.25) is 0 Å². The van der Waals surface area contributed by atoms with Crippen LogP contribution in [0.5, 0.6) is 0 Å². The summed E-state index contributed by atoms with van der Waals surface area (Å²) in [5.41, 5.74) is 0. The van der Waals surface area contributed by atoms with E-state index in [2.05, 4.69) is 5.32 Å². The van der Waals surface area contributed by atoms with E-state index >= 15 is 0 Å². The van der Waals surface area contributed by atoms with Crippen molar-refractivity contribution in [3.05, 3.63) is 0 Å². The van der Waals surface area contributed by atoms with Crippen LogP contribution >= 0.6 is 0 Å². The molecule has 0 aromatic carbocycles. The van der Waals surface area contributed by atoms with Gasteiger partial charge in [0.1, 0.15) is 0 Å². The summed E-state index contributed by atoms with van der Waals surface area (Å²) in [6.07, 6.45) is 4.01. The number of carbonyl (C=O) groups excluding carboxylic acids is 1. The van der Waals surface area contributed by atoms with Gasteiger partial charge in [-0.1, -0.05) is 0 Å². The average molecular weight is 199 g/mol. The molecule has 0 bridgehead atoms. The Hall–Kier alpha value is -0.570. The number of hydrogen-bond donors (Lipinski definition) is 1. The van der Waals surface area contributed by atoms with Gasteiger partial charge < -0.3 is 10.1 Å². The van der Waals surface area contributed by atoms with Crippen LogP contribution in [0, 0.1) is 5.92 Å². The lowest BCUT2D eigenvalue weighted by molar-refractivity contribution is -0.147. The number of esters is 1. The molecule has 1 heterocycles. The van der Waals surface area contributed by atoms with Crippen LogP contribution < -0.4 is 5.32 Å². The minimum atomic E-state index is -0.0430. The molecule has 0 aromatic heterocycles. The summed E-state index contributed by atoms with van der Waals surface area (Å²) in [5, 5.41) is 3.32. The largest absolute Gasteiger partial charge is 0.463 e. The molecule has 3 heteroatoms. The second-order valence-corrected chi connectivity index (χ2v) is 4.27. The second kappa shape index (κ2) is 6.02. The average Bonchev–Trinajstić information content (AvgIpc) is 2.15. The highest BCUT2D eigenvalue weighted by Crippen LogP contribution is 2.17. The molecule has 1 aliphatic rings. The highest BCUT2D eigenvalue weighted by molar-refractivity contribution is 5.69. The van der Waals surface area contributed by atoms with Crippen LogP contribution in [0.4, 0.5) is 0 Å². The molecular weight excluding hydrogens is 178 g/mol. The van der Waals surface area contributed by atoms with Crippen molar-refractivity contribution in [3.63, 3.8) is 0 Å². The number of piperidine rings is 1. The zero-order chi connectivity index (χ0) is 10.4. The molecule has 1 aliphatic heterocycles. The molecule has 0 atom stereocenters. The lowest BCUT2D eigenvalue weighted by atomic mass is 9.93. The number of hydrogen-bond acceptors (Lipinski definition) is 3. The Morgan fingerprint density at radius 3 is 2.64 bits per heavy atom. The minimum absolute atomic E-state index is 0.0236. The van der Waals surface area contributed by atoms with Crippen molar-refractivity contribution in [2.75, 3.05) is 13.1 Å². The van der Waals surface area contributed by atoms with Gasteiger partial charge >= 0.3 is 5.97 Å². The molecule has 0 saturated carbocycles. The van der Waals surface area contributed by atoms with Crippen LogP contribution in [0.25, 0.3) is 0 Å². The summed E-state index contributed by atoms with van der Waals surface area (Å²) < 4.78 is 5.09. The van der Waals surface area contributed by atoms with Gasteiger partial charge in [-0.05, 0) is 52.1 Å². The fourth-order valence-corrected chi connectivity index (χ4v) is 1.81. The lowest BCUT2D eigenvalue weighted by Crippen LogP contribution is -2.28. The Kier molecular flexibility index (Phi) is 4.94. The monoisotopic (exact) mass is 199 g/mol. The Balaban J connectivity index is 2.09. The molecule has 0 aromatic rings. The Labute approximate surface area is 86.2 Å². The van der Waals surface area contributed by atoms with Crippen LogP contribution in [0.2, 0.25) is 0 Å². The maximum Gasteiger partial charge on any atom is 0.306 e. The molecule has 0 spiro atoms. The van der Waals surface area contributed by atoms with E-state index in [1.165, 1.54) is 12.8 Å². The van der Waals surface area contributed by atoms with Gasteiger partial charge in [0, 0.05) is 6.42 Å². The summed E-state index contributed by atoms with van der Waals surface area (Å²) in [7, 11) is 0. The Morgan fingerprint density at radius 1 is 1.43 bits per heavy atom. The van der Waals surface area contributed by atoms with Gasteiger partial charge in [0.05, 0.1) is 6.10 Å². The topological polar surface area (TPSA) is 38.3 Å². The summed E-state index contributed by atoms with van der Waals surface area (Å²) in [5.74, 6) is 0.675. The fourth-order valence-electron chi connectivity index (χ4n) is 1.81. The minimum Gasteiger partial charge on any atom is -0.463 e. The van der Waals surface area contributed by atoms with Crippen LogP contribution in [0.15, 0.2) is 0 Å². The molecule has 1 fully saturated rings. The molecule has 14 heavy (non-hydrogen) atoms. The molecule has 82 valence electrons. The van der Waals surface area contributed by atoms with Gasteiger partial charge in [-0.15, -0.1) is 0 Å². The maximum atomic E-state index is 11.3. The number of rotatable bonds is 4. The van der Waals surface area contributed by atoms with Crippen LogP contribution in [0.3, 0.4) is 0 Å². The smallest absolute Gasteiger partial charge is 0.306 e. The van der Waals surface area contributed by atoms with Crippen molar-refractivity contribution in [2.45, 2.75) is 45.6 Å². The van der Waals surface area contributed by atoms with E-state index in [0.29, 0.717) is 6.42 Å². The van der Waals surface area contributed by atoms with E-state index in [1.54, 1.807) is 0 Å². The van der Waals surface area contributed by atoms with Gasteiger partial charge in [-0.3, -0.25) is 4.79 Å². The van der Waals surface area contributed by atoms with Gasteiger partial charge in [-0.2, -0.15) is 0 Å². The molecule has 0 amide bonds. The second-order valence-electron chi connectivity index (χ2n) is 4.27. The van der Waals surface area contributed by atoms with Crippen molar-refractivity contribution < 1.29 is 9.53 Å². The summed E-state index contributed by atoms with van der Waals surface area (Å²) in [6.45, 7) is 5.98. The van der Waals surface area contributed by atoms with E-state index in [-0.39, 0.29) is 12.1 Å². The van der Waals surface area contributed by atoms with Crippen LogP contribution in [-0.4, -0.2) is 25.2 Å². The van der Waals surface area contributed by atoms with Gasteiger partial charge in [0.15, 0.2) is 0 Å². The highest BCUT2D eigenvalue weighted by Gasteiger charge is 2.15. The predicted octanol–water partition coefficient (Wildman–Crippen LogP) is 1.72. The molecule has 1 rings (SSSR count). The third-order valence-electron chi connectivity index (χ3n) is 2.58. The first-order valence-electron chi connectivity index (χ1n) is 5.58. The Morgan fingerprint density at radius 2 is 2.07 bits per heavy atom. The predicted molar refractivity (Wildman–Crippen MR) is 56.1 cm³/mol. The van der Waals surface area contributed by atoms with E-state index in [9.17, 15) is 4.79 Å². The molecule has 0 unspecified atom stereocenters. The quantitative estimate of drug-likeness (QED) is 0.701. The van der Waals surface area contributed by atoms with Gasteiger partial charge in [-0.25, -0.2) is 0 Å². The molecule has 0 radical (unpaired) electrons. The number of nitrogens with one attached hydrogen (secondary N) is 1. The maximum absolute atomic E-state index is 11.3. The van der Waals surface area contributed by atoms with Crippen molar-refractivity contribution >= 4 is 5.97 Å². The standard InChI is InChI=1S/C11H21NO2/c1-9(2)14-11(13)4-3-10-5-7-12-8-6-10/h9-10,12H,3-8H2,1-2H3. The first kappa shape index (κ1) is 11.5. The van der Waals surface area contributed by atoms with Gasteiger partial charge in [0.25, 0.3) is 0 Å². The van der Waals surface area contributed by atoms with Crippen LogP contribution in [0.1, 0.15) is 39.5 Å². The lowest BCUT2D eigenvalue weighted by Gasteiger charge is -2.22. The Bertz CT molecular complexity index is 174. The SMILES string of the molecule is CC(C)OC(=O)CCC1CCNCC1. The molecule has 1 N–H and O–H groups in total. The van der Waals surface area contributed by atoms with Crippen molar-refractivity contribution in [3.8, 4) is 0 Å². The normalized spacial score (nSPS) is 18.5. The summed E-state index contributed by atoms with van der Waals surface area (Å²) in [4.78, 5) is 11.3. The molecular formula is C11H21NO2. The summed E-state index contributed by atoms with van der Waals surface area (Å²) >= 11 is 0. The highest BCUT2D eigenvalue weighted by atomic mass is 16.5. The van der Waals surface area contributed by atoms with Crippen molar-refractivity contribution in [1.29, 1.82) is 0 Å². The van der Waals surface area contributed by atoms with Crippen molar-refractivity contribution in [1.82, 2.24) is 5.32 Å². The molecule has 1 saturated heterocycles. The zero-order valence-electron chi connectivity index (χ0n) is 9.21. The van der Waals surface area contributed by atoms with Crippen LogP contribution in [-0.2, 0) is 9.53 Å². The third kappa shape index (κ3) is 4.61. The zero-order valence-corrected chi connectivity index (χ0v) is 9.21. The molecule has 0 aliphatic carbocycles. The van der Waals surface area contributed by atoms with E-state index < -0.39 is 0 Å². The number of carbonyl (C=O) groups is 1. The fraction of sp³-hybridized carbons (Fsp3) is 0.909. The summed E-state index contributed by atoms with van der Waals surface area (Å²) in [6, 6.07) is 0. The molecule has 3 nitrogen and oxygen atoms in total. The first-order chi connectivity index (χ1) is 6.68. The van der Waals surface area contributed by atoms with E-state index in [1.807, 2.05) is 13.8 Å². The van der Waals surface area contributed by atoms with E-state index in [0.717, 1.165) is 25.4 Å². The number of ether oxygens (including phenoxy) is 1.